The number of aromatic hydroxyl groups is 1. The van der Waals surface area contributed by atoms with E-state index < -0.39 is 4.92 Å². The number of carbonyl (C=O) groups excluding carboxylic acids is 1. The summed E-state index contributed by atoms with van der Waals surface area (Å²) in [4.78, 5) is 21.2. The molecule has 1 aromatic carbocycles. The van der Waals surface area contributed by atoms with E-state index in [1.54, 1.807) is 0 Å². The van der Waals surface area contributed by atoms with E-state index in [4.69, 9.17) is 5.11 Å². The van der Waals surface area contributed by atoms with Crippen LogP contribution in [0.2, 0.25) is 0 Å². The van der Waals surface area contributed by atoms with E-state index in [-0.39, 0.29) is 35.4 Å². The van der Waals surface area contributed by atoms with Crippen LogP contribution in [-0.4, -0.2) is 39.2 Å². The van der Waals surface area contributed by atoms with Gasteiger partial charge >= 0.3 is 0 Å². The molecule has 0 fully saturated rings. The number of carbonyl (C=O) groups is 1. The van der Waals surface area contributed by atoms with E-state index in [0.717, 1.165) is 6.07 Å². The Balaban J connectivity index is 2.62. The van der Waals surface area contributed by atoms with Crippen LogP contribution in [0.1, 0.15) is 0 Å². The van der Waals surface area contributed by atoms with Gasteiger partial charge in [-0.2, -0.15) is 0 Å². The average molecular weight is 272 g/mol. The Morgan fingerprint density at radius 3 is 2.78 bits per heavy atom. The number of thioether (sulfide) groups is 1. The minimum Gasteiger partial charge on any atom is -0.506 e. The molecule has 0 unspecified atom stereocenters. The summed E-state index contributed by atoms with van der Waals surface area (Å²) in [6.45, 7) is -0.0132. The number of nitro benzene ring substituents is 1. The van der Waals surface area contributed by atoms with Gasteiger partial charge in [0.25, 0.3) is 5.69 Å². The monoisotopic (exact) mass is 272 g/mol. The molecule has 8 heteroatoms. The molecule has 0 bridgehead atoms. The first-order valence-electron chi connectivity index (χ1n) is 5.00. The number of phenols is 1. The zero-order valence-electron chi connectivity index (χ0n) is 9.33. The van der Waals surface area contributed by atoms with Gasteiger partial charge in [0.1, 0.15) is 5.75 Å². The number of non-ortho nitro benzene ring substituents is 1. The maximum absolute atomic E-state index is 11.4. The summed E-state index contributed by atoms with van der Waals surface area (Å²) in [6.07, 6.45) is 0. The van der Waals surface area contributed by atoms with E-state index in [0.29, 0.717) is 5.75 Å². The number of phenolic OH excluding ortho intramolecular Hbond substituents is 1. The molecule has 0 aliphatic rings. The molecule has 0 saturated carbocycles. The van der Waals surface area contributed by atoms with Crippen molar-refractivity contribution in [3.05, 3.63) is 28.3 Å². The number of hydrogen-bond acceptors (Lipinski definition) is 6. The number of aliphatic hydroxyl groups excluding tert-OH is 1. The molecule has 0 aliphatic heterocycles. The molecule has 18 heavy (non-hydrogen) atoms. The van der Waals surface area contributed by atoms with Crippen molar-refractivity contribution in [2.75, 3.05) is 23.4 Å². The Kier molecular flexibility index (Phi) is 5.40. The number of anilines is 1. The third-order valence-electron chi connectivity index (χ3n) is 1.94. The van der Waals surface area contributed by atoms with Crippen LogP contribution in [0.4, 0.5) is 11.4 Å². The van der Waals surface area contributed by atoms with Crippen LogP contribution in [0, 0.1) is 10.1 Å². The molecule has 0 atom stereocenters. The fourth-order valence-corrected chi connectivity index (χ4v) is 1.69. The van der Waals surface area contributed by atoms with Gasteiger partial charge in [-0.25, -0.2) is 0 Å². The summed E-state index contributed by atoms with van der Waals surface area (Å²) in [5, 5.41) is 30.9. The summed E-state index contributed by atoms with van der Waals surface area (Å²) in [7, 11) is 0. The first-order chi connectivity index (χ1) is 8.54. The second-order valence-electron chi connectivity index (χ2n) is 3.28. The predicted molar refractivity (Wildman–Crippen MR) is 67.8 cm³/mol. The van der Waals surface area contributed by atoms with Gasteiger partial charge in [-0.05, 0) is 6.07 Å². The summed E-state index contributed by atoms with van der Waals surface area (Å²) in [5.41, 5.74) is -0.129. The van der Waals surface area contributed by atoms with Gasteiger partial charge in [-0.1, -0.05) is 0 Å². The van der Waals surface area contributed by atoms with Crippen LogP contribution in [0.3, 0.4) is 0 Å². The van der Waals surface area contributed by atoms with Gasteiger partial charge in [0, 0.05) is 11.8 Å². The highest BCUT2D eigenvalue weighted by atomic mass is 32.2. The van der Waals surface area contributed by atoms with Crippen molar-refractivity contribution in [2.45, 2.75) is 0 Å². The molecule has 7 nitrogen and oxygen atoms in total. The molecule has 0 aromatic heterocycles. The summed E-state index contributed by atoms with van der Waals surface area (Å²) in [5.74, 6) is -0.126. The maximum atomic E-state index is 11.4. The predicted octanol–water partition coefficient (Wildman–Crippen LogP) is 0.964. The van der Waals surface area contributed by atoms with Crippen LogP contribution in [0.5, 0.6) is 5.75 Å². The summed E-state index contributed by atoms with van der Waals surface area (Å²) in [6, 6.07) is 3.43. The van der Waals surface area contributed by atoms with Gasteiger partial charge in [-0.3, -0.25) is 14.9 Å². The summed E-state index contributed by atoms with van der Waals surface area (Å²) < 4.78 is 0. The van der Waals surface area contributed by atoms with Crippen LogP contribution in [-0.2, 0) is 4.79 Å². The van der Waals surface area contributed by atoms with E-state index in [9.17, 15) is 20.0 Å². The Labute approximate surface area is 107 Å². The van der Waals surface area contributed by atoms with Gasteiger partial charge in [-0.15, -0.1) is 11.8 Å². The quantitative estimate of drug-likeness (QED) is 0.308. The van der Waals surface area contributed by atoms with Crippen molar-refractivity contribution < 1.29 is 19.9 Å². The third-order valence-corrected chi connectivity index (χ3v) is 2.87. The largest absolute Gasteiger partial charge is 0.506 e. The van der Waals surface area contributed by atoms with E-state index in [2.05, 4.69) is 5.32 Å². The highest BCUT2D eigenvalue weighted by Gasteiger charge is 2.11. The van der Waals surface area contributed by atoms with Crippen molar-refractivity contribution >= 4 is 29.0 Å². The number of nitrogens with one attached hydrogen (secondary N) is 1. The van der Waals surface area contributed by atoms with Crippen molar-refractivity contribution in [1.82, 2.24) is 0 Å². The van der Waals surface area contributed by atoms with Crippen molar-refractivity contribution in [3.63, 3.8) is 0 Å². The van der Waals surface area contributed by atoms with Gasteiger partial charge in [0.05, 0.1) is 29.0 Å². The van der Waals surface area contributed by atoms with Crippen molar-refractivity contribution in [2.24, 2.45) is 0 Å². The Morgan fingerprint density at radius 1 is 1.50 bits per heavy atom. The molecule has 3 N–H and O–H groups in total. The van der Waals surface area contributed by atoms with Crippen LogP contribution >= 0.6 is 11.8 Å². The fraction of sp³-hybridized carbons (Fsp3) is 0.300. The van der Waals surface area contributed by atoms with Gasteiger partial charge in [0.15, 0.2) is 0 Å². The minimum absolute atomic E-state index is 0.0132. The van der Waals surface area contributed by atoms with E-state index in [1.165, 1.54) is 23.9 Å². The topological polar surface area (TPSA) is 113 Å². The lowest BCUT2D eigenvalue weighted by Crippen LogP contribution is -2.14. The highest BCUT2D eigenvalue weighted by molar-refractivity contribution is 7.99. The lowest BCUT2D eigenvalue weighted by Gasteiger charge is -2.06. The number of nitro groups is 1. The molecule has 1 aromatic rings. The molecule has 0 saturated heterocycles. The molecule has 1 amide bonds. The first kappa shape index (κ1) is 14.3. The van der Waals surface area contributed by atoms with Crippen LogP contribution < -0.4 is 5.32 Å². The number of hydrogen-bond donors (Lipinski definition) is 3. The molecular weight excluding hydrogens is 260 g/mol. The molecule has 0 radical (unpaired) electrons. The molecule has 0 heterocycles. The fourth-order valence-electron chi connectivity index (χ4n) is 1.16. The minimum atomic E-state index is -0.636. The van der Waals surface area contributed by atoms with Crippen LogP contribution in [0.25, 0.3) is 0 Å². The van der Waals surface area contributed by atoms with Crippen molar-refractivity contribution in [1.29, 1.82) is 0 Å². The molecule has 1 rings (SSSR count). The zero-order chi connectivity index (χ0) is 13.5. The van der Waals surface area contributed by atoms with Gasteiger partial charge < -0.3 is 15.5 Å². The van der Waals surface area contributed by atoms with E-state index in [1.807, 2.05) is 0 Å². The van der Waals surface area contributed by atoms with Gasteiger partial charge in [0.2, 0.25) is 5.91 Å². The molecule has 0 spiro atoms. The molecular formula is C10H12N2O5S. The lowest BCUT2D eigenvalue weighted by atomic mass is 10.2. The Bertz CT molecular complexity index is 452. The Hall–Kier alpha value is -1.80. The molecule has 0 aliphatic carbocycles. The highest BCUT2D eigenvalue weighted by Crippen LogP contribution is 2.27. The number of amides is 1. The Morgan fingerprint density at radius 2 is 2.22 bits per heavy atom. The number of benzene rings is 1. The average Bonchev–Trinajstić information content (AvgIpc) is 2.32. The normalized spacial score (nSPS) is 10.1. The van der Waals surface area contributed by atoms with Crippen LogP contribution in [0.15, 0.2) is 18.2 Å². The summed E-state index contributed by atoms with van der Waals surface area (Å²) >= 11 is 1.24. The van der Waals surface area contributed by atoms with Crippen molar-refractivity contribution in [3.8, 4) is 5.75 Å². The third kappa shape index (κ3) is 4.22. The standard InChI is InChI=1S/C10H12N2O5S/c13-3-4-18-6-10(15)11-8-2-1-7(12(16)17)5-9(8)14/h1-2,5,13-14H,3-4,6H2,(H,11,15). The molecule has 98 valence electrons. The van der Waals surface area contributed by atoms with E-state index >= 15 is 0 Å². The lowest BCUT2D eigenvalue weighted by molar-refractivity contribution is -0.384. The smallest absolute Gasteiger partial charge is 0.273 e. The SMILES string of the molecule is O=C(CSCCO)Nc1ccc([N+](=O)[O-])cc1O. The second kappa shape index (κ2) is 6.82. The number of aliphatic hydroxyl groups is 1. The second-order valence-corrected chi connectivity index (χ2v) is 4.39. The zero-order valence-corrected chi connectivity index (χ0v) is 10.1. The number of nitrogens with zero attached hydrogens (tertiary/aromatic N) is 1. The maximum Gasteiger partial charge on any atom is 0.273 e. The number of rotatable bonds is 6. The first-order valence-corrected chi connectivity index (χ1v) is 6.16.